The SMILES string of the molecule is C=C(C(=O)OCCC)C(CC(=O)O)C(=O)OCCC. The van der Waals surface area contributed by atoms with Crippen molar-refractivity contribution in [2.75, 3.05) is 13.2 Å². The van der Waals surface area contributed by atoms with E-state index in [1.807, 2.05) is 13.8 Å². The molecule has 0 aromatic carbocycles. The second-order valence-corrected chi connectivity index (χ2v) is 3.98. The van der Waals surface area contributed by atoms with E-state index < -0.39 is 30.2 Å². The van der Waals surface area contributed by atoms with Crippen LogP contribution in [0, 0.1) is 5.92 Å². The predicted molar refractivity (Wildman–Crippen MR) is 67.4 cm³/mol. The van der Waals surface area contributed by atoms with Gasteiger partial charge in [-0.3, -0.25) is 9.59 Å². The first kappa shape index (κ1) is 17.2. The lowest BCUT2D eigenvalue weighted by atomic mass is 9.97. The van der Waals surface area contributed by atoms with Gasteiger partial charge in [0, 0.05) is 5.57 Å². The summed E-state index contributed by atoms with van der Waals surface area (Å²) in [6.07, 6.45) is 0.698. The molecule has 6 heteroatoms. The molecular formula is C13H20O6. The lowest BCUT2D eigenvalue weighted by Gasteiger charge is -2.15. The van der Waals surface area contributed by atoms with E-state index in [1.54, 1.807) is 0 Å². The summed E-state index contributed by atoms with van der Waals surface area (Å²) in [7, 11) is 0. The Morgan fingerprint density at radius 3 is 2.11 bits per heavy atom. The van der Waals surface area contributed by atoms with Crippen LogP contribution in [-0.2, 0) is 23.9 Å². The lowest BCUT2D eigenvalue weighted by molar-refractivity contribution is -0.153. The zero-order valence-corrected chi connectivity index (χ0v) is 11.3. The topological polar surface area (TPSA) is 89.9 Å². The van der Waals surface area contributed by atoms with Crippen molar-refractivity contribution in [2.24, 2.45) is 5.92 Å². The minimum atomic E-state index is -1.21. The highest BCUT2D eigenvalue weighted by atomic mass is 16.5. The average molecular weight is 272 g/mol. The maximum atomic E-state index is 11.7. The Balaban J connectivity index is 4.72. The van der Waals surface area contributed by atoms with Gasteiger partial charge < -0.3 is 14.6 Å². The third-order valence-electron chi connectivity index (χ3n) is 2.23. The first-order valence-electron chi connectivity index (χ1n) is 6.18. The minimum Gasteiger partial charge on any atom is -0.481 e. The van der Waals surface area contributed by atoms with Gasteiger partial charge in [0.25, 0.3) is 0 Å². The third-order valence-corrected chi connectivity index (χ3v) is 2.23. The predicted octanol–water partition coefficient (Wildman–Crippen LogP) is 1.54. The number of hydrogen-bond acceptors (Lipinski definition) is 5. The van der Waals surface area contributed by atoms with Gasteiger partial charge in [-0.1, -0.05) is 20.4 Å². The highest BCUT2D eigenvalue weighted by Crippen LogP contribution is 2.18. The van der Waals surface area contributed by atoms with E-state index >= 15 is 0 Å². The summed E-state index contributed by atoms with van der Waals surface area (Å²) in [6, 6.07) is 0. The summed E-state index contributed by atoms with van der Waals surface area (Å²) >= 11 is 0. The second kappa shape index (κ2) is 9.13. The van der Waals surface area contributed by atoms with Crippen molar-refractivity contribution in [3.05, 3.63) is 12.2 Å². The number of ether oxygens (including phenoxy) is 2. The van der Waals surface area contributed by atoms with Gasteiger partial charge in [-0.15, -0.1) is 0 Å². The van der Waals surface area contributed by atoms with Gasteiger partial charge in [0.05, 0.1) is 25.6 Å². The lowest BCUT2D eigenvalue weighted by Crippen LogP contribution is -2.27. The first-order chi connectivity index (χ1) is 8.93. The highest BCUT2D eigenvalue weighted by Gasteiger charge is 2.30. The third kappa shape index (κ3) is 6.59. The smallest absolute Gasteiger partial charge is 0.334 e. The molecule has 0 spiro atoms. The van der Waals surface area contributed by atoms with Crippen LogP contribution in [0.3, 0.4) is 0 Å². The van der Waals surface area contributed by atoms with Gasteiger partial charge in [-0.2, -0.15) is 0 Å². The van der Waals surface area contributed by atoms with Gasteiger partial charge in [-0.25, -0.2) is 4.79 Å². The summed E-state index contributed by atoms with van der Waals surface area (Å²) < 4.78 is 9.69. The van der Waals surface area contributed by atoms with Crippen molar-refractivity contribution in [3.8, 4) is 0 Å². The van der Waals surface area contributed by atoms with E-state index in [2.05, 4.69) is 6.58 Å². The van der Waals surface area contributed by atoms with Gasteiger partial charge in [0.15, 0.2) is 0 Å². The molecule has 0 fully saturated rings. The molecule has 19 heavy (non-hydrogen) atoms. The van der Waals surface area contributed by atoms with Crippen LogP contribution < -0.4 is 0 Å². The molecule has 1 unspecified atom stereocenters. The number of rotatable bonds is 9. The number of carbonyl (C=O) groups is 3. The molecule has 0 amide bonds. The summed E-state index contributed by atoms with van der Waals surface area (Å²) in [4.78, 5) is 34.0. The molecular weight excluding hydrogens is 252 g/mol. The Morgan fingerprint density at radius 1 is 1.11 bits per heavy atom. The number of esters is 2. The summed E-state index contributed by atoms with van der Waals surface area (Å²) in [5, 5.41) is 8.76. The maximum absolute atomic E-state index is 11.7. The van der Waals surface area contributed by atoms with Crippen molar-refractivity contribution in [2.45, 2.75) is 33.1 Å². The van der Waals surface area contributed by atoms with Crippen LogP contribution in [0.5, 0.6) is 0 Å². The Bertz CT molecular complexity index is 347. The fourth-order valence-corrected chi connectivity index (χ4v) is 1.26. The molecule has 0 aliphatic carbocycles. The molecule has 1 N–H and O–H groups in total. The zero-order valence-electron chi connectivity index (χ0n) is 11.3. The molecule has 0 aromatic rings. The molecule has 1 atom stereocenters. The van der Waals surface area contributed by atoms with Crippen molar-refractivity contribution >= 4 is 17.9 Å². The Labute approximate surface area is 112 Å². The van der Waals surface area contributed by atoms with Crippen molar-refractivity contribution in [1.29, 1.82) is 0 Å². The van der Waals surface area contributed by atoms with E-state index in [9.17, 15) is 14.4 Å². The van der Waals surface area contributed by atoms with Crippen LogP contribution >= 0.6 is 0 Å². The normalized spacial score (nSPS) is 11.5. The molecule has 108 valence electrons. The fourth-order valence-electron chi connectivity index (χ4n) is 1.26. The quantitative estimate of drug-likeness (QED) is 0.506. The molecule has 0 radical (unpaired) electrons. The number of carboxylic acids is 1. The van der Waals surface area contributed by atoms with Gasteiger partial charge in [0.1, 0.15) is 0 Å². The van der Waals surface area contributed by atoms with Crippen LogP contribution in [-0.4, -0.2) is 36.2 Å². The van der Waals surface area contributed by atoms with Crippen LogP contribution in [0.1, 0.15) is 33.1 Å². The van der Waals surface area contributed by atoms with Crippen LogP contribution in [0.4, 0.5) is 0 Å². The van der Waals surface area contributed by atoms with Crippen LogP contribution in [0.15, 0.2) is 12.2 Å². The van der Waals surface area contributed by atoms with Crippen LogP contribution in [0.25, 0.3) is 0 Å². The average Bonchev–Trinajstić information content (AvgIpc) is 2.38. The van der Waals surface area contributed by atoms with Gasteiger partial charge >= 0.3 is 17.9 Å². The van der Waals surface area contributed by atoms with E-state index in [4.69, 9.17) is 14.6 Å². The van der Waals surface area contributed by atoms with Crippen molar-refractivity contribution in [1.82, 2.24) is 0 Å². The first-order valence-corrected chi connectivity index (χ1v) is 6.18. The molecule has 0 saturated carbocycles. The molecule has 0 saturated heterocycles. The fraction of sp³-hybridized carbons (Fsp3) is 0.615. The molecule has 0 aliphatic heterocycles. The number of aliphatic carboxylic acids is 1. The second-order valence-electron chi connectivity index (χ2n) is 3.98. The van der Waals surface area contributed by atoms with Gasteiger partial charge in [0.2, 0.25) is 0 Å². The van der Waals surface area contributed by atoms with Crippen molar-refractivity contribution < 1.29 is 29.0 Å². The van der Waals surface area contributed by atoms with E-state index in [0.717, 1.165) is 0 Å². The Kier molecular flexibility index (Phi) is 8.24. The van der Waals surface area contributed by atoms with Crippen LogP contribution in [0.2, 0.25) is 0 Å². The number of carbonyl (C=O) groups excluding carboxylic acids is 2. The molecule has 0 aromatic heterocycles. The maximum Gasteiger partial charge on any atom is 0.334 e. The Morgan fingerprint density at radius 2 is 1.63 bits per heavy atom. The minimum absolute atomic E-state index is 0.173. The van der Waals surface area contributed by atoms with E-state index in [1.165, 1.54) is 0 Å². The Hall–Kier alpha value is -1.85. The van der Waals surface area contributed by atoms with Gasteiger partial charge in [-0.05, 0) is 12.8 Å². The number of carboxylic acid groups (broad SMARTS) is 1. The standard InChI is InChI=1S/C13H20O6/c1-4-6-18-12(16)9(3)10(8-11(14)15)13(17)19-7-5-2/h10H,3-8H2,1-2H3,(H,14,15). The van der Waals surface area contributed by atoms with E-state index in [0.29, 0.717) is 12.8 Å². The molecule has 6 nitrogen and oxygen atoms in total. The molecule has 0 rings (SSSR count). The van der Waals surface area contributed by atoms with Crippen molar-refractivity contribution in [3.63, 3.8) is 0 Å². The molecule has 0 heterocycles. The zero-order chi connectivity index (χ0) is 14.8. The highest BCUT2D eigenvalue weighted by molar-refractivity contribution is 5.96. The monoisotopic (exact) mass is 272 g/mol. The molecule has 0 bridgehead atoms. The summed E-state index contributed by atoms with van der Waals surface area (Å²) in [5.74, 6) is -3.93. The summed E-state index contributed by atoms with van der Waals surface area (Å²) in [5.41, 5.74) is -0.183. The molecule has 0 aliphatic rings. The van der Waals surface area contributed by atoms with E-state index in [-0.39, 0.29) is 18.8 Å². The summed E-state index contributed by atoms with van der Waals surface area (Å²) in [6.45, 7) is 7.45. The largest absolute Gasteiger partial charge is 0.481 e. The number of hydrogen-bond donors (Lipinski definition) is 1.